The lowest BCUT2D eigenvalue weighted by molar-refractivity contribution is -0.131. The fraction of sp³-hybridized carbons (Fsp3) is 0.500. The molecule has 1 aliphatic carbocycles. The zero-order valence-electron chi connectivity index (χ0n) is 14.1. The second kappa shape index (κ2) is 7.57. The number of carbonyl (C=O) groups is 1. The first kappa shape index (κ1) is 16.6. The Morgan fingerprint density at radius 2 is 2.17 bits per heavy atom. The molecular formula is C18H23N3O3. The van der Waals surface area contributed by atoms with Gasteiger partial charge in [0.25, 0.3) is 5.91 Å². The first-order valence-corrected chi connectivity index (χ1v) is 8.52. The molecule has 24 heavy (non-hydrogen) atoms. The molecule has 1 aliphatic rings. The SMILES string of the molecule is CCC(OC1CCCC1)C(=O)Nc1cccc(-c2nnc(C)o2)c1. The highest BCUT2D eigenvalue weighted by Crippen LogP contribution is 2.24. The van der Waals surface area contributed by atoms with Gasteiger partial charge in [-0.15, -0.1) is 10.2 Å². The average molecular weight is 329 g/mol. The molecule has 0 saturated heterocycles. The van der Waals surface area contributed by atoms with E-state index in [1.807, 2.05) is 31.2 Å². The van der Waals surface area contributed by atoms with Crippen LogP contribution in [0.25, 0.3) is 11.5 Å². The summed E-state index contributed by atoms with van der Waals surface area (Å²) in [4.78, 5) is 12.5. The van der Waals surface area contributed by atoms with Crippen LogP contribution in [-0.2, 0) is 9.53 Å². The van der Waals surface area contributed by atoms with Gasteiger partial charge in [0, 0.05) is 18.2 Å². The molecule has 1 N–H and O–H groups in total. The van der Waals surface area contributed by atoms with E-state index in [0.717, 1.165) is 18.4 Å². The predicted octanol–water partition coefficient (Wildman–Crippen LogP) is 3.72. The summed E-state index contributed by atoms with van der Waals surface area (Å²) < 4.78 is 11.4. The van der Waals surface area contributed by atoms with Crippen LogP contribution in [0.5, 0.6) is 0 Å². The Bertz CT molecular complexity index is 692. The van der Waals surface area contributed by atoms with E-state index in [1.165, 1.54) is 12.8 Å². The van der Waals surface area contributed by atoms with Gasteiger partial charge < -0.3 is 14.5 Å². The topological polar surface area (TPSA) is 77.2 Å². The average Bonchev–Trinajstić information content (AvgIpc) is 3.24. The lowest BCUT2D eigenvalue weighted by atomic mass is 10.2. The standard InChI is InChI=1S/C18H23N3O3/c1-3-16(24-15-9-4-5-10-15)17(22)19-14-8-6-7-13(11-14)18-21-20-12(2)23-18/h6-8,11,15-16H,3-5,9-10H2,1-2H3,(H,19,22). The van der Waals surface area contributed by atoms with E-state index >= 15 is 0 Å². The van der Waals surface area contributed by atoms with Crippen molar-refractivity contribution in [3.05, 3.63) is 30.2 Å². The van der Waals surface area contributed by atoms with Crippen LogP contribution in [0.4, 0.5) is 5.69 Å². The maximum absolute atomic E-state index is 12.5. The number of hydrogen-bond donors (Lipinski definition) is 1. The minimum Gasteiger partial charge on any atom is -0.421 e. The van der Waals surface area contributed by atoms with Crippen LogP contribution in [0.15, 0.2) is 28.7 Å². The maximum atomic E-state index is 12.5. The fourth-order valence-electron chi connectivity index (χ4n) is 2.97. The Balaban J connectivity index is 1.66. The van der Waals surface area contributed by atoms with E-state index in [0.29, 0.717) is 23.9 Å². The molecule has 0 spiro atoms. The smallest absolute Gasteiger partial charge is 0.253 e. The molecule has 6 nitrogen and oxygen atoms in total. The lowest BCUT2D eigenvalue weighted by Crippen LogP contribution is -2.32. The highest BCUT2D eigenvalue weighted by molar-refractivity contribution is 5.94. The van der Waals surface area contributed by atoms with Crippen LogP contribution in [0.2, 0.25) is 0 Å². The number of nitrogens with one attached hydrogen (secondary N) is 1. The highest BCUT2D eigenvalue weighted by atomic mass is 16.5. The van der Waals surface area contributed by atoms with E-state index in [4.69, 9.17) is 9.15 Å². The number of hydrogen-bond acceptors (Lipinski definition) is 5. The number of anilines is 1. The first-order chi connectivity index (χ1) is 11.7. The van der Waals surface area contributed by atoms with E-state index in [-0.39, 0.29) is 12.0 Å². The molecule has 3 rings (SSSR count). The zero-order chi connectivity index (χ0) is 16.9. The van der Waals surface area contributed by atoms with Crippen molar-refractivity contribution in [3.8, 4) is 11.5 Å². The summed E-state index contributed by atoms with van der Waals surface area (Å²) in [7, 11) is 0. The number of rotatable bonds is 6. The molecule has 0 bridgehead atoms. The van der Waals surface area contributed by atoms with Crippen LogP contribution < -0.4 is 5.32 Å². The second-order valence-corrected chi connectivity index (χ2v) is 6.14. The molecule has 6 heteroatoms. The van der Waals surface area contributed by atoms with Crippen LogP contribution in [0, 0.1) is 6.92 Å². The second-order valence-electron chi connectivity index (χ2n) is 6.14. The van der Waals surface area contributed by atoms with E-state index < -0.39 is 6.10 Å². The third kappa shape index (κ3) is 4.00. The van der Waals surface area contributed by atoms with Gasteiger partial charge in [0.1, 0.15) is 6.10 Å². The molecule has 1 atom stereocenters. The maximum Gasteiger partial charge on any atom is 0.253 e. The van der Waals surface area contributed by atoms with Crippen molar-refractivity contribution in [1.82, 2.24) is 10.2 Å². The lowest BCUT2D eigenvalue weighted by Gasteiger charge is -2.20. The van der Waals surface area contributed by atoms with Crippen molar-refractivity contribution in [2.75, 3.05) is 5.32 Å². The minimum absolute atomic E-state index is 0.108. The third-order valence-corrected chi connectivity index (χ3v) is 4.23. The first-order valence-electron chi connectivity index (χ1n) is 8.52. The van der Waals surface area contributed by atoms with Gasteiger partial charge >= 0.3 is 0 Å². The van der Waals surface area contributed by atoms with Gasteiger partial charge in [-0.2, -0.15) is 0 Å². The number of benzene rings is 1. The third-order valence-electron chi connectivity index (χ3n) is 4.23. The summed E-state index contributed by atoms with van der Waals surface area (Å²) in [5.41, 5.74) is 1.47. The van der Waals surface area contributed by atoms with Gasteiger partial charge in [0.15, 0.2) is 0 Å². The molecule has 1 heterocycles. The molecule has 0 radical (unpaired) electrons. The molecule has 2 aromatic rings. The van der Waals surface area contributed by atoms with Crippen LogP contribution in [0.1, 0.15) is 44.9 Å². The summed E-state index contributed by atoms with van der Waals surface area (Å²) in [5, 5.41) is 10.8. The van der Waals surface area contributed by atoms with Gasteiger partial charge in [-0.25, -0.2) is 0 Å². The van der Waals surface area contributed by atoms with Gasteiger partial charge in [-0.1, -0.05) is 25.8 Å². The largest absolute Gasteiger partial charge is 0.421 e. The Hall–Kier alpha value is -2.21. The van der Waals surface area contributed by atoms with E-state index in [1.54, 1.807) is 6.92 Å². The van der Waals surface area contributed by atoms with E-state index in [9.17, 15) is 4.79 Å². The Morgan fingerprint density at radius 3 is 2.83 bits per heavy atom. The van der Waals surface area contributed by atoms with Crippen molar-refractivity contribution in [3.63, 3.8) is 0 Å². The molecular weight excluding hydrogens is 306 g/mol. The van der Waals surface area contributed by atoms with Crippen molar-refractivity contribution >= 4 is 11.6 Å². The number of amides is 1. The van der Waals surface area contributed by atoms with Crippen molar-refractivity contribution in [2.45, 2.75) is 58.2 Å². The zero-order valence-corrected chi connectivity index (χ0v) is 14.1. The van der Waals surface area contributed by atoms with Gasteiger partial charge in [0.05, 0.1) is 6.10 Å². The Kier molecular flexibility index (Phi) is 5.25. The number of nitrogens with zero attached hydrogens (tertiary/aromatic N) is 2. The van der Waals surface area contributed by atoms with Crippen LogP contribution >= 0.6 is 0 Å². The molecule has 128 valence electrons. The molecule has 1 aromatic carbocycles. The van der Waals surface area contributed by atoms with Crippen LogP contribution in [-0.4, -0.2) is 28.3 Å². The fourth-order valence-corrected chi connectivity index (χ4v) is 2.97. The number of ether oxygens (including phenoxy) is 1. The number of aromatic nitrogens is 2. The summed E-state index contributed by atoms with van der Waals surface area (Å²) >= 11 is 0. The molecule has 1 saturated carbocycles. The molecule has 1 amide bonds. The van der Waals surface area contributed by atoms with Gasteiger partial charge in [-0.05, 0) is 37.5 Å². The number of carbonyl (C=O) groups excluding carboxylic acids is 1. The minimum atomic E-state index is -0.414. The summed E-state index contributed by atoms with van der Waals surface area (Å²) in [5.74, 6) is 0.844. The highest BCUT2D eigenvalue weighted by Gasteiger charge is 2.24. The van der Waals surface area contributed by atoms with Gasteiger partial charge in [-0.3, -0.25) is 4.79 Å². The van der Waals surface area contributed by atoms with Crippen LogP contribution in [0.3, 0.4) is 0 Å². The molecule has 1 unspecified atom stereocenters. The monoisotopic (exact) mass is 329 g/mol. The Labute approximate surface area is 141 Å². The predicted molar refractivity (Wildman–Crippen MR) is 90.5 cm³/mol. The molecule has 0 aliphatic heterocycles. The summed E-state index contributed by atoms with van der Waals surface area (Å²) in [6.45, 7) is 3.71. The van der Waals surface area contributed by atoms with Gasteiger partial charge in [0.2, 0.25) is 11.8 Å². The number of aryl methyl sites for hydroxylation is 1. The Morgan fingerprint density at radius 1 is 1.38 bits per heavy atom. The summed E-state index contributed by atoms with van der Waals surface area (Å²) in [6, 6.07) is 7.39. The summed E-state index contributed by atoms with van der Waals surface area (Å²) in [6.07, 6.45) is 4.94. The van der Waals surface area contributed by atoms with Crippen molar-refractivity contribution in [2.24, 2.45) is 0 Å². The molecule has 1 aromatic heterocycles. The quantitative estimate of drug-likeness (QED) is 0.874. The van der Waals surface area contributed by atoms with Crippen molar-refractivity contribution in [1.29, 1.82) is 0 Å². The van der Waals surface area contributed by atoms with E-state index in [2.05, 4.69) is 15.5 Å². The van der Waals surface area contributed by atoms with Crippen molar-refractivity contribution < 1.29 is 13.9 Å². The normalized spacial score (nSPS) is 16.2. The molecule has 1 fully saturated rings.